The molecule has 0 saturated heterocycles. The van der Waals surface area contributed by atoms with E-state index in [0.29, 0.717) is 11.4 Å². The highest BCUT2D eigenvalue weighted by Gasteiger charge is 2.26. The number of aliphatic hydroxyl groups is 1. The largest absolute Gasteiger partial charge is 0.481 e. The standard InChI is InChI=1S/C13H16N2O2/c1-13(16,8-14)10-7-9-5-3-4-6-11(9)15-12(10)17-2/h3-7,16H,8,14H2,1-2H3. The van der Waals surface area contributed by atoms with Crippen LogP contribution >= 0.6 is 0 Å². The summed E-state index contributed by atoms with van der Waals surface area (Å²) in [5.74, 6) is 0.416. The van der Waals surface area contributed by atoms with Gasteiger partial charge in [-0.2, -0.15) is 0 Å². The minimum atomic E-state index is -1.14. The van der Waals surface area contributed by atoms with Gasteiger partial charge in [-0.15, -0.1) is 0 Å². The van der Waals surface area contributed by atoms with Crippen LogP contribution in [0.4, 0.5) is 0 Å². The number of benzene rings is 1. The molecule has 0 bridgehead atoms. The van der Waals surface area contributed by atoms with Crippen molar-refractivity contribution in [3.8, 4) is 5.88 Å². The van der Waals surface area contributed by atoms with Crippen molar-refractivity contribution in [3.63, 3.8) is 0 Å². The summed E-state index contributed by atoms with van der Waals surface area (Å²) in [6, 6.07) is 9.55. The summed E-state index contributed by atoms with van der Waals surface area (Å²) in [5, 5.41) is 11.2. The summed E-state index contributed by atoms with van der Waals surface area (Å²) in [4.78, 5) is 4.37. The maximum atomic E-state index is 10.2. The van der Waals surface area contributed by atoms with Gasteiger partial charge in [0.05, 0.1) is 12.6 Å². The van der Waals surface area contributed by atoms with E-state index in [1.54, 1.807) is 6.92 Å². The maximum Gasteiger partial charge on any atom is 0.219 e. The number of hydrogen-bond acceptors (Lipinski definition) is 4. The molecule has 1 atom stereocenters. The van der Waals surface area contributed by atoms with E-state index in [2.05, 4.69) is 4.98 Å². The molecule has 0 aliphatic carbocycles. The van der Waals surface area contributed by atoms with Crippen molar-refractivity contribution in [2.75, 3.05) is 13.7 Å². The Hall–Kier alpha value is -1.65. The number of rotatable bonds is 3. The first-order chi connectivity index (χ1) is 8.08. The van der Waals surface area contributed by atoms with Crippen molar-refractivity contribution in [3.05, 3.63) is 35.9 Å². The number of pyridine rings is 1. The lowest BCUT2D eigenvalue weighted by molar-refractivity contribution is 0.0636. The Balaban J connectivity index is 2.69. The Bertz CT molecular complexity index is 538. The van der Waals surface area contributed by atoms with Gasteiger partial charge in [-0.25, -0.2) is 4.98 Å². The SMILES string of the molecule is COc1nc2ccccc2cc1C(C)(O)CN. The van der Waals surface area contributed by atoms with Crippen LogP contribution < -0.4 is 10.5 Å². The molecule has 0 saturated carbocycles. The number of methoxy groups -OCH3 is 1. The summed E-state index contributed by atoms with van der Waals surface area (Å²) in [6.07, 6.45) is 0. The van der Waals surface area contributed by atoms with Crippen LogP contribution in [0.5, 0.6) is 5.88 Å². The summed E-state index contributed by atoms with van der Waals surface area (Å²) in [5.41, 5.74) is 5.88. The molecule has 17 heavy (non-hydrogen) atoms. The van der Waals surface area contributed by atoms with Crippen molar-refractivity contribution in [2.24, 2.45) is 5.73 Å². The van der Waals surface area contributed by atoms with E-state index in [1.807, 2.05) is 30.3 Å². The van der Waals surface area contributed by atoms with Crippen molar-refractivity contribution in [1.82, 2.24) is 4.98 Å². The first-order valence-electron chi connectivity index (χ1n) is 5.45. The highest BCUT2D eigenvalue weighted by molar-refractivity contribution is 5.80. The number of aromatic nitrogens is 1. The normalized spacial score (nSPS) is 14.6. The second-order valence-electron chi connectivity index (χ2n) is 4.22. The number of fused-ring (bicyclic) bond motifs is 1. The van der Waals surface area contributed by atoms with Crippen molar-refractivity contribution >= 4 is 10.9 Å². The van der Waals surface area contributed by atoms with Crippen LogP contribution in [0.15, 0.2) is 30.3 Å². The number of para-hydroxylation sites is 1. The Morgan fingerprint density at radius 1 is 1.41 bits per heavy atom. The minimum absolute atomic E-state index is 0.114. The molecule has 4 heteroatoms. The minimum Gasteiger partial charge on any atom is -0.481 e. The molecule has 1 unspecified atom stereocenters. The monoisotopic (exact) mass is 232 g/mol. The molecule has 4 nitrogen and oxygen atoms in total. The molecule has 1 heterocycles. The highest BCUT2D eigenvalue weighted by Crippen LogP contribution is 2.30. The van der Waals surface area contributed by atoms with Crippen LogP contribution in [-0.4, -0.2) is 23.7 Å². The maximum absolute atomic E-state index is 10.2. The fraction of sp³-hybridized carbons (Fsp3) is 0.308. The zero-order chi connectivity index (χ0) is 12.5. The molecule has 1 aromatic heterocycles. The molecule has 2 aromatic rings. The van der Waals surface area contributed by atoms with Crippen LogP contribution in [0.3, 0.4) is 0 Å². The van der Waals surface area contributed by atoms with Gasteiger partial charge in [0, 0.05) is 17.5 Å². The van der Waals surface area contributed by atoms with Crippen LogP contribution in [0.25, 0.3) is 10.9 Å². The van der Waals surface area contributed by atoms with Gasteiger partial charge in [-0.1, -0.05) is 18.2 Å². The molecule has 2 rings (SSSR count). The number of hydrogen-bond donors (Lipinski definition) is 2. The highest BCUT2D eigenvalue weighted by atomic mass is 16.5. The van der Waals surface area contributed by atoms with E-state index in [4.69, 9.17) is 10.5 Å². The third kappa shape index (κ3) is 2.09. The molecule has 90 valence electrons. The Labute approximate surface area is 100 Å². The molecule has 0 aliphatic rings. The van der Waals surface area contributed by atoms with E-state index >= 15 is 0 Å². The zero-order valence-electron chi connectivity index (χ0n) is 9.97. The van der Waals surface area contributed by atoms with Crippen LogP contribution in [0, 0.1) is 0 Å². The van der Waals surface area contributed by atoms with Crippen molar-refractivity contribution in [1.29, 1.82) is 0 Å². The fourth-order valence-corrected chi connectivity index (χ4v) is 1.75. The molecular weight excluding hydrogens is 216 g/mol. The summed E-state index contributed by atoms with van der Waals surface area (Å²) >= 11 is 0. The third-order valence-corrected chi connectivity index (χ3v) is 2.86. The summed E-state index contributed by atoms with van der Waals surface area (Å²) in [7, 11) is 1.53. The van der Waals surface area contributed by atoms with Gasteiger partial charge in [0.15, 0.2) is 0 Å². The smallest absolute Gasteiger partial charge is 0.219 e. The topological polar surface area (TPSA) is 68.4 Å². The van der Waals surface area contributed by atoms with E-state index < -0.39 is 5.60 Å². The summed E-state index contributed by atoms with van der Waals surface area (Å²) in [6.45, 7) is 1.77. The quantitative estimate of drug-likeness (QED) is 0.839. The molecule has 0 radical (unpaired) electrons. The lowest BCUT2D eigenvalue weighted by Gasteiger charge is -2.23. The lowest BCUT2D eigenvalue weighted by atomic mass is 9.96. The number of ether oxygens (including phenoxy) is 1. The predicted octanol–water partition coefficient (Wildman–Crippen LogP) is 1.41. The molecule has 1 aromatic carbocycles. The summed E-state index contributed by atoms with van der Waals surface area (Å²) < 4.78 is 5.21. The van der Waals surface area contributed by atoms with Crippen LogP contribution in [-0.2, 0) is 5.60 Å². The molecule has 0 aliphatic heterocycles. The van der Waals surface area contributed by atoms with E-state index in [1.165, 1.54) is 7.11 Å². The van der Waals surface area contributed by atoms with Crippen molar-refractivity contribution < 1.29 is 9.84 Å². The molecular formula is C13H16N2O2. The van der Waals surface area contributed by atoms with Crippen molar-refractivity contribution in [2.45, 2.75) is 12.5 Å². The number of nitrogens with two attached hydrogens (primary N) is 1. The average Bonchev–Trinajstić information content (AvgIpc) is 2.37. The first kappa shape index (κ1) is 11.8. The van der Waals surface area contributed by atoms with Gasteiger partial charge in [-0.05, 0) is 19.1 Å². The van der Waals surface area contributed by atoms with Crippen LogP contribution in [0.2, 0.25) is 0 Å². The predicted molar refractivity (Wildman–Crippen MR) is 66.9 cm³/mol. The Morgan fingerprint density at radius 3 is 2.76 bits per heavy atom. The first-order valence-corrected chi connectivity index (χ1v) is 5.45. The van der Waals surface area contributed by atoms with E-state index in [0.717, 1.165) is 10.9 Å². The van der Waals surface area contributed by atoms with Gasteiger partial charge in [0.1, 0.15) is 5.60 Å². The zero-order valence-corrected chi connectivity index (χ0v) is 9.97. The lowest BCUT2D eigenvalue weighted by Crippen LogP contribution is -2.32. The average molecular weight is 232 g/mol. The molecule has 3 N–H and O–H groups in total. The Kier molecular flexibility index (Phi) is 3.00. The second-order valence-corrected chi connectivity index (χ2v) is 4.22. The van der Waals surface area contributed by atoms with Gasteiger partial charge >= 0.3 is 0 Å². The molecule has 0 spiro atoms. The second kappa shape index (κ2) is 4.31. The third-order valence-electron chi connectivity index (χ3n) is 2.86. The van der Waals surface area contributed by atoms with Gasteiger partial charge < -0.3 is 15.6 Å². The number of nitrogens with zero attached hydrogens (tertiary/aromatic N) is 1. The van der Waals surface area contributed by atoms with E-state index in [9.17, 15) is 5.11 Å². The van der Waals surface area contributed by atoms with Gasteiger partial charge in [-0.3, -0.25) is 0 Å². The molecule has 0 amide bonds. The van der Waals surface area contributed by atoms with Crippen LogP contribution in [0.1, 0.15) is 12.5 Å². The fourth-order valence-electron chi connectivity index (χ4n) is 1.75. The van der Waals surface area contributed by atoms with Gasteiger partial charge in [0.2, 0.25) is 5.88 Å². The Morgan fingerprint density at radius 2 is 2.12 bits per heavy atom. The van der Waals surface area contributed by atoms with Gasteiger partial charge in [0.25, 0.3) is 0 Å². The molecule has 0 fully saturated rings. The van der Waals surface area contributed by atoms with E-state index in [-0.39, 0.29) is 6.54 Å².